The van der Waals surface area contributed by atoms with Gasteiger partial charge in [-0.25, -0.2) is 9.37 Å². The van der Waals surface area contributed by atoms with Gasteiger partial charge in [0, 0.05) is 16.3 Å². The van der Waals surface area contributed by atoms with E-state index in [0.717, 1.165) is 5.01 Å². The number of benzene rings is 1. The third kappa shape index (κ3) is 3.02. The van der Waals surface area contributed by atoms with Crippen molar-refractivity contribution in [3.05, 3.63) is 49.1 Å². The molecule has 0 radical (unpaired) electrons. The molecule has 0 atom stereocenters. The van der Waals surface area contributed by atoms with Crippen LogP contribution in [0.1, 0.15) is 21.1 Å². The Balaban J connectivity index is 2.36. The molecule has 1 heterocycles. The molecule has 1 aromatic heterocycles. The first kappa shape index (κ1) is 14.6. The van der Waals surface area contributed by atoms with E-state index < -0.39 is 11.6 Å². The van der Waals surface area contributed by atoms with Gasteiger partial charge in [0.2, 0.25) is 5.78 Å². The summed E-state index contributed by atoms with van der Waals surface area (Å²) in [6.07, 6.45) is 0.599. The summed E-state index contributed by atoms with van der Waals surface area (Å²) in [6, 6.07) is 2.92. The van der Waals surface area contributed by atoms with Crippen molar-refractivity contribution in [3.8, 4) is 0 Å². The molecule has 2 aromatic rings. The molecule has 0 amide bonds. The van der Waals surface area contributed by atoms with Crippen molar-refractivity contribution in [2.75, 3.05) is 6.54 Å². The Morgan fingerprint density at radius 1 is 1.53 bits per heavy atom. The fourth-order valence-electron chi connectivity index (χ4n) is 1.49. The minimum Gasteiger partial charge on any atom is -0.330 e. The summed E-state index contributed by atoms with van der Waals surface area (Å²) in [6.45, 7) is 0.458. The molecule has 0 aliphatic heterocycles. The lowest BCUT2D eigenvalue weighted by atomic mass is 10.1. The lowest BCUT2D eigenvalue weighted by Crippen LogP contribution is -2.07. The molecule has 3 nitrogen and oxygen atoms in total. The normalized spacial score (nSPS) is 10.7. The Kier molecular flexibility index (Phi) is 4.67. The number of halogens is 3. The first-order chi connectivity index (χ1) is 9.04. The fourth-order valence-corrected chi connectivity index (χ4v) is 2.76. The molecule has 0 unspecified atom stereocenters. The Morgan fingerprint density at radius 3 is 2.95 bits per heavy atom. The molecular formula is C12H9BrClFN2OS. The van der Waals surface area contributed by atoms with Crippen LogP contribution in [0.4, 0.5) is 4.39 Å². The summed E-state index contributed by atoms with van der Waals surface area (Å²) < 4.78 is 14.3. The van der Waals surface area contributed by atoms with E-state index in [2.05, 4.69) is 20.9 Å². The lowest BCUT2D eigenvalue weighted by Gasteiger charge is -2.03. The summed E-state index contributed by atoms with van der Waals surface area (Å²) in [4.78, 5) is 16.3. The molecule has 0 fully saturated rings. The van der Waals surface area contributed by atoms with E-state index >= 15 is 0 Å². The Hall–Kier alpha value is -0.820. The maximum Gasteiger partial charge on any atom is 0.215 e. The van der Waals surface area contributed by atoms with Crippen LogP contribution in [0.3, 0.4) is 0 Å². The molecule has 0 aliphatic carbocycles. The van der Waals surface area contributed by atoms with Crippen LogP contribution < -0.4 is 5.73 Å². The number of carbonyl (C=O) groups is 1. The van der Waals surface area contributed by atoms with Gasteiger partial charge in [0.15, 0.2) is 5.82 Å². The van der Waals surface area contributed by atoms with E-state index in [-0.39, 0.29) is 16.3 Å². The number of ketones is 1. The smallest absolute Gasteiger partial charge is 0.215 e. The zero-order valence-corrected chi connectivity index (χ0v) is 12.8. The van der Waals surface area contributed by atoms with Crippen LogP contribution in [0.2, 0.25) is 5.02 Å². The molecule has 19 heavy (non-hydrogen) atoms. The number of carbonyl (C=O) groups excluding carboxylic acids is 1. The molecule has 0 bridgehead atoms. The molecule has 100 valence electrons. The number of nitrogens with two attached hydrogens (primary N) is 1. The van der Waals surface area contributed by atoms with Gasteiger partial charge < -0.3 is 5.73 Å². The maximum absolute atomic E-state index is 13.9. The number of hydrogen-bond acceptors (Lipinski definition) is 4. The second-order valence-corrected chi connectivity index (χ2v) is 5.89. The quantitative estimate of drug-likeness (QED) is 0.669. The highest BCUT2D eigenvalue weighted by Crippen LogP contribution is 2.28. The SMILES string of the molecule is NCCc1nc(C(=O)c2ccc(Br)c(Cl)c2F)cs1. The monoisotopic (exact) mass is 362 g/mol. The Labute approximate surface area is 126 Å². The standard InChI is InChI=1S/C12H9BrClFN2OS/c13-7-2-1-6(11(15)10(7)14)12(18)8-5-19-9(17-8)3-4-16/h1-2,5H,3-4,16H2. The molecular weight excluding hydrogens is 355 g/mol. The summed E-state index contributed by atoms with van der Waals surface area (Å²) in [7, 11) is 0. The summed E-state index contributed by atoms with van der Waals surface area (Å²) in [5.74, 6) is -1.22. The van der Waals surface area contributed by atoms with Crippen molar-refractivity contribution < 1.29 is 9.18 Å². The maximum atomic E-state index is 13.9. The van der Waals surface area contributed by atoms with Crippen LogP contribution in [-0.2, 0) is 6.42 Å². The second-order valence-electron chi connectivity index (χ2n) is 3.72. The molecule has 1 aromatic carbocycles. The average molecular weight is 364 g/mol. The van der Waals surface area contributed by atoms with Crippen LogP contribution in [0.15, 0.2) is 22.0 Å². The number of hydrogen-bond donors (Lipinski definition) is 1. The van der Waals surface area contributed by atoms with Crippen molar-refractivity contribution >= 4 is 44.7 Å². The van der Waals surface area contributed by atoms with Crippen LogP contribution in [0.5, 0.6) is 0 Å². The molecule has 7 heteroatoms. The van der Waals surface area contributed by atoms with Crippen molar-refractivity contribution in [2.45, 2.75) is 6.42 Å². The topological polar surface area (TPSA) is 56.0 Å². The summed E-state index contributed by atoms with van der Waals surface area (Å²) >= 11 is 10.2. The van der Waals surface area contributed by atoms with Gasteiger partial charge in [-0.15, -0.1) is 11.3 Å². The van der Waals surface area contributed by atoms with Crippen LogP contribution >= 0.6 is 38.9 Å². The van der Waals surface area contributed by atoms with Crippen LogP contribution in [0.25, 0.3) is 0 Å². The molecule has 0 spiro atoms. The number of thiazole rings is 1. The van der Waals surface area contributed by atoms with Crippen molar-refractivity contribution in [3.63, 3.8) is 0 Å². The van der Waals surface area contributed by atoms with E-state index in [0.29, 0.717) is 17.4 Å². The summed E-state index contributed by atoms with van der Waals surface area (Å²) in [5, 5.41) is 2.25. The Bertz CT molecular complexity index is 632. The molecule has 0 saturated carbocycles. The van der Waals surface area contributed by atoms with Gasteiger partial charge in [0.25, 0.3) is 0 Å². The first-order valence-electron chi connectivity index (χ1n) is 5.37. The van der Waals surface area contributed by atoms with Crippen molar-refractivity contribution in [1.82, 2.24) is 4.98 Å². The predicted octanol–water partition coefficient (Wildman–Crippen LogP) is 3.43. The van der Waals surface area contributed by atoms with Crippen LogP contribution in [0, 0.1) is 5.82 Å². The third-order valence-corrected chi connectivity index (χ3v) is 4.59. The van der Waals surface area contributed by atoms with E-state index in [1.165, 1.54) is 23.5 Å². The second kappa shape index (κ2) is 6.09. The van der Waals surface area contributed by atoms with Gasteiger partial charge in [-0.1, -0.05) is 11.6 Å². The number of nitrogens with zero attached hydrogens (tertiary/aromatic N) is 1. The minimum atomic E-state index is -0.741. The highest BCUT2D eigenvalue weighted by molar-refractivity contribution is 9.10. The predicted molar refractivity (Wildman–Crippen MR) is 77.4 cm³/mol. The van der Waals surface area contributed by atoms with E-state index in [1.54, 1.807) is 5.38 Å². The molecule has 0 saturated heterocycles. The largest absolute Gasteiger partial charge is 0.330 e. The molecule has 2 rings (SSSR count). The van der Waals surface area contributed by atoms with Gasteiger partial charge in [-0.05, 0) is 34.6 Å². The van der Waals surface area contributed by atoms with Crippen molar-refractivity contribution in [2.24, 2.45) is 5.73 Å². The fraction of sp³-hybridized carbons (Fsp3) is 0.167. The van der Waals surface area contributed by atoms with E-state index in [4.69, 9.17) is 17.3 Å². The van der Waals surface area contributed by atoms with Gasteiger partial charge in [-0.3, -0.25) is 4.79 Å². The molecule has 0 aliphatic rings. The van der Waals surface area contributed by atoms with E-state index in [1.807, 2.05) is 0 Å². The number of aromatic nitrogens is 1. The summed E-state index contributed by atoms with van der Waals surface area (Å²) in [5.41, 5.74) is 5.55. The van der Waals surface area contributed by atoms with Gasteiger partial charge in [0.1, 0.15) is 5.69 Å². The first-order valence-corrected chi connectivity index (χ1v) is 7.42. The van der Waals surface area contributed by atoms with E-state index in [9.17, 15) is 9.18 Å². The number of rotatable bonds is 4. The zero-order valence-electron chi connectivity index (χ0n) is 9.62. The lowest BCUT2D eigenvalue weighted by molar-refractivity contribution is 0.103. The highest BCUT2D eigenvalue weighted by atomic mass is 79.9. The zero-order chi connectivity index (χ0) is 14.0. The minimum absolute atomic E-state index is 0.0854. The average Bonchev–Trinajstić information content (AvgIpc) is 2.85. The third-order valence-electron chi connectivity index (χ3n) is 2.42. The van der Waals surface area contributed by atoms with Gasteiger partial charge >= 0.3 is 0 Å². The Morgan fingerprint density at radius 2 is 2.26 bits per heavy atom. The van der Waals surface area contributed by atoms with Crippen molar-refractivity contribution in [1.29, 1.82) is 0 Å². The van der Waals surface area contributed by atoms with Gasteiger partial charge in [-0.2, -0.15) is 0 Å². The highest BCUT2D eigenvalue weighted by Gasteiger charge is 2.20. The van der Waals surface area contributed by atoms with Gasteiger partial charge in [0.05, 0.1) is 15.6 Å². The molecule has 2 N–H and O–H groups in total. The van der Waals surface area contributed by atoms with Crippen LogP contribution in [-0.4, -0.2) is 17.3 Å².